The smallest absolute Gasteiger partial charge is 0.235 e. The number of primary amides is 1. The van der Waals surface area contributed by atoms with Crippen LogP contribution >= 0.6 is 0 Å². The highest BCUT2D eigenvalue weighted by atomic mass is 19.1. The van der Waals surface area contributed by atoms with E-state index in [9.17, 15) is 34.2 Å². The highest BCUT2D eigenvalue weighted by Crippen LogP contribution is 2.63. The van der Waals surface area contributed by atoms with E-state index in [4.69, 9.17) is 5.73 Å². The number of nitrogens with two attached hydrogens (primary N) is 1. The molecule has 8 atom stereocenters. The highest BCUT2D eigenvalue weighted by molar-refractivity contribution is 6.34. The highest BCUT2D eigenvalue weighted by Gasteiger charge is 2.86. The molecule has 0 bridgehead atoms. The molecule has 4 fully saturated rings. The van der Waals surface area contributed by atoms with Gasteiger partial charge in [-0.05, 0) is 50.8 Å². The molecule has 5 aliphatic rings. The molecule has 1 spiro atoms. The number of likely N-dealkylation sites (tertiary alicyclic amines) is 1. The predicted molar refractivity (Wildman–Crippen MR) is 119 cm³/mol. The molecule has 0 radical (unpaired) electrons. The van der Waals surface area contributed by atoms with Crippen LogP contribution in [0.1, 0.15) is 53.7 Å². The minimum Gasteiger partial charge on any atom is -0.507 e. The van der Waals surface area contributed by atoms with Gasteiger partial charge in [-0.1, -0.05) is 6.92 Å². The molecule has 1 aromatic carbocycles. The first-order valence-electron chi connectivity index (χ1n) is 12.2. The van der Waals surface area contributed by atoms with Crippen LogP contribution in [-0.4, -0.2) is 74.4 Å². The number of amides is 1. The summed E-state index contributed by atoms with van der Waals surface area (Å²) in [4.78, 5) is 67.3. The van der Waals surface area contributed by atoms with Gasteiger partial charge in [-0.3, -0.25) is 28.9 Å². The maximum Gasteiger partial charge on any atom is 0.235 e. The lowest BCUT2D eigenvalue weighted by Crippen LogP contribution is -2.73. The lowest BCUT2D eigenvalue weighted by molar-refractivity contribution is -0.171. The molecule has 3 aliphatic carbocycles. The standard InChI is InChI=1S/C25H26FN3O7/c1-2-29-20-19(32)16(23(27)35)22(34)25(36)21(33)14-9(8-24(20,25)29)6-11-15(18(14)31)13(30)7-10(17(11)26)12-4-3-5-28-12/h7,9,12,14,16,20,28,30,36H,2-6,8H2,1H3,(H2,27,35). The van der Waals surface area contributed by atoms with Crippen molar-refractivity contribution < 1.29 is 38.6 Å². The average Bonchev–Trinajstić information content (AvgIpc) is 3.17. The van der Waals surface area contributed by atoms with Crippen molar-refractivity contribution >= 4 is 29.0 Å². The number of nitrogens with one attached hydrogen (secondary N) is 1. The lowest BCUT2D eigenvalue weighted by Gasteiger charge is -2.48. The Morgan fingerprint density at radius 3 is 2.61 bits per heavy atom. The number of phenols is 1. The third kappa shape index (κ3) is 2.48. The summed E-state index contributed by atoms with van der Waals surface area (Å²) >= 11 is 0. The molecule has 1 aromatic rings. The fourth-order valence-electron chi connectivity index (χ4n) is 7.63. The van der Waals surface area contributed by atoms with Gasteiger partial charge in [0.05, 0.1) is 23.1 Å². The largest absolute Gasteiger partial charge is 0.507 e. The normalized spacial score (nSPS) is 40.9. The van der Waals surface area contributed by atoms with Crippen molar-refractivity contribution in [3.05, 3.63) is 28.6 Å². The SMILES string of the molecule is CCN1C2C(=O)C(C(N)=O)C(=O)C3(O)C(=O)C4C(=O)c5c(O)cc(C6CCCN6)c(F)c5CC4CC213. The number of aromatic hydroxyl groups is 1. The second kappa shape index (κ2) is 7.27. The maximum atomic E-state index is 15.7. The number of hydrogen-bond acceptors (Lipinski definition) is 9. The zero-order chi connectivity index (χ0) is 25.9. The summed E-state index contributed by atoms with van der Waals surface area (Å²) < 4.78 is 15.7. The van der Waals surface area contributed by atoms with Gasteiger partial charge in [0.1, 0.15) is 11.6 Å². The molecule has 2 aliphatic heterocycles. The number of aliphatic hydroxyl groups is 1. The van der Waals surface area contributed by atoms with E-state index in [2.05, 4.69) is 5.32 Å². The Bertz CT molecular complexity index is 1290. The average molecular weight is 499 g/mol. The van der Waals surface area contributed by atoms with Gasteiger partial charge in [-0.2, -0.15) is 0 Å². The molecule has 5 N–H and O–H groups in total. The predicted octanol–water partition coefficient (Wildman–Crippen LogP) is -0.673. The molecule has 6 rings (SSSR count). The summed E-state index contributed by atoms with van der Waals surface area (Å²) in [7, 11) is 0. The Balaban J connectivity index is 1.49. The van der Waals surface area contributed by atoms with Crippen LogP contribution < -0.4 is 11.1 Å². The zero-order valence-electron chi connectivity index (χ0n) is 19.5. The van der Waals surface area contributed by atoms with E-state index < -0.39 is 75.5 Å². The van der Waals surface area contributed by atoms with Gasteiger partial charge in [0.15, 0.2) is 29.1 Å². The fourth-order valence-corrected chi connectivity index (χ4v) is 7.63. The van der Waals surface area contributed by atoms with Crippen molar-refractivity contribution in [1.82, 2.24) is 10.2 Å². The monoisotopic (exact) mass is 499 g/mol. The van der Waals surface area contributed by atoms with Crippen molar-refractivity contribution in [1.29, 1.82) is 0 Å². The molecule has 36 heavy (non-hydrogen) atoms. The molecule has 1 amide bonds. The summed E-state index contributed by atoms with van der Waals surface area (Å²) in [5.41, 5.74) is 0.818. The van der Waals surface area contributed by atoms with Gasteiger partial charge < -0.3 is 21.3 Å². The summed E-state index contributed by atoms with van der Waals surface area (Å²) in [5.74, 6) is -10.8. The van der Waals surface area contributed by atoms with Gasteiger partial charge in [0.2, 0.25) is 11.5 Å². The molecular formula is C25H26FN3O7. The summed E-state index contributed by atoms with van der Waals surface area (Å²) in [6.45, 7) is 2.57. The van der Waals surface area contributed by atoms with Crippen LogP contribution in [0.4, 0.5) is 4.39 Å². The molecule has 2 saturated carbocycles. The van der Waals surface area contributed by atoms with E-state index in [-0.39, 0.29) is 42.1 Å². The summed E-state index contributed by atoms with van der Waals surface area (Å²) in [6, 6.07) is -0.202. The molecular weight excluding hydrogens is 473 g/mol. The lowest BCUT2D eigenvalue weighted by atomic mass is 9.53. The van der Waals surface area contributed by atoms with Crippen LogP contribution in [0.15, 0.2) is 6.07 Å². The number of phenolic OH excluding ortho intramolecular Hbond substituents is 1. The molecule has 2 saturated heterocycles. The molecule has 0 aromatic heterocycles. The third-order valence-electron chi connectivity index (χ3n) is 9.12. The van der Waals surface area contributed by atoms with E-state index in [1.807, 2.05) is 0 Å². The Kier molecular flexibility index (Phi) is 4.72. The molecule has 190 valence electrons. The number of halogens is 1. The van der Waals surface area contributed by atoms with E-state index in [1.54, 1.807) is 6.92 Å². The first kappa shape index (κ1) is 23.4. The van der Waals surface area contributed by atoms with Gasteiger partial charge in [-0.15, -0.1) is 0 Å². The van der Waals surface area contributed by atoms with Crippen molar-refractivity contribution in [3.8, 4) is 5.75 Å². The number of rotatable bonds is 3. The maximum absolute atomic E-state index is 15.7. The van der Waals surface area contributed by atoms with E-state index in [0.717, 1.165) is 6.42 Å². The van der Waals surface area contributed by atoms with Crippen LogP contribution in [0.3, 0.4) is 0 Å². The zero-order valence-corrected chi connectivity index (χ0v) is 19.5. The quantitative estimate of drug-likeness (QED) is 0.311. The first-order chi connectivity index (χ1) is 17.0. The minimum atomic E-state index is -2.79. The number of benzene rings is 1. The summed E-state index contributed by atoms with van der Waals surface area (Å²) in [6.07, 6.45) is 1.33. The Morgan fingerprint density at radius 1 is 1.28 bits per heavy atom. The van der Waals surface area contributed by atoms with Gasteiger partial charge in [-0.25, -0.2) is 4.39 Å². The van der Waals surface area contributed by atoms with Crippen LogP contribution in [0, 0.1) is 23.6 Å². The number of carbonyl (C=O) groups excluding carboxylic acids is 5. The molecule has 11 heteroatoms. The summed E-state index contributed by atoms with van der Waals surface area (Å²) in [5, 5.41) is 25.6. The van der Waals surface area contributed by atoms with Crippen molar-refractivity contribution in [3.63, 3.8) is 0 Å². The van der Waals surface area contributed by atoms with E-state index in [1.165, 1.54) is 11.0 Å². The third-order valence-corrected chi connectivity index (χ3v) is 9.12. The van der Waals surface area contributed by atoms with Crippen LogP contribution in [0.25, 0.3) is 0 Å². The van der Waals surface area contributed by atoms with Crippen LogP contribution in [-0.2, 0) is 25.6 Å². The number of likely N-dealkylation sites (N-methyl/N-ethyl adjacent to an activating group) is 1. The Labute approximate surface area is 205 Å². The molecule has 8 unspecified atom stereocenters. The van der Waals surface area contributed by atoms with Gasteiger partial charge in [0, 0.05) is 17.2 Å². The number of carbonyl (C=O) groups is 5. The van der Waals surface area contributed by atoms with Crippen LogP contribution in [0.2, 0.25) is 0 Å². The van der Waals surface area contributed by atoms with Gasteiger partial charge in [0.25, 0.3) is 0 Å². The van der Waals surface area contributed by atoms with Gasteiger partial charge >= 0.3 is 0 Å². The number of fused-ring (bicyclic) bond motifs is 2. The first-order valence-corrected chi connectivity index (χ1v) is 12.2. The number of Topliss-reactive ketones (excluding diaryl/α,β-unsaturated/α-hetero) is 4. The fraction of sp³-hybridized carbons (Fsp3) is 0.560. The molecule has 2 heterocycles. The second-order valence-electron chi connectivity index (χ2n) is 10.6. The van der Waals surface area contributed by atoms with Crippen molar-refractivity contribution in [2.75, 3.05) is 13.1 Å². The van der Waals surface area contributed by atoms with Crippen molar-refractivity contribution in [2.24, 2.45) is 23.5 Å². The van der Waals surface area contributed by atoms with E-state index >= 15 is 4.39 Å². The van der Waals surface area contributed by atoms with Crippen LogP contribution in [0.5, 0.6) is 5.75 Å². The number of nitrogens with zero attached hydrogens (tertiary/aromatic N) is 1. The minimum absolute atomic E-state index is 0.00307. The Morgan fingerprint density at radius 2 is 2.00 bits per heavy atom. The Hall–Kier alpha value is -3.02. The molecule has 10 nitrogen and oxygen atoms in total. The number of ketones is 4. The second-order valence-corrected chi connectivity index (χ2v) is 10.6. The topological polar surface area (TPSA) is 167 Å². The van der Waals surface area contributed by atoms with Crippen molar-refractivity contribution in [2.45, 2.75) is 55.8 Å². The van der Waals surface area contributed by atoms with E-state index in [0.29, 0.717) is 13.0 Å². The number of hydrogen-bond donors (Lipinski definition) is 4.